The van der Waals surface area contributed by atoms with Crippen molar-refractivity contribution in [2.24, 2.45) is 13.0 Å². The molecule has 1 N–H and O–H groups in total. The summed E-state index contributed by atoms with van der Waals surface area (Å²) in [7, 11) is -1.20. The molecule has 2 atom stereocenters. The van der Waals surface area contributed by atoms with Gasteiger partial charge in [0.2, 0.25) is 10.0 Å². The number of hydrogen-bond donors (Lipinski definition) is 1. The van der Waals surface area contributed by atoms with E-state index in [1.807, 2.05) is 24.6 Å². The zero-order valence-corrected chi connectivity index (χ0v) is 14.4. The molecule has 0 aromatic carbocycles. The molecule has 2 rings (SSSR count). The molecule has 0 spiro atoms. The Labute approximate surface area is 132 Å². The molecule has 6 nitrogen and oxygen atoms in total. The fraction of sp³-hybridized carbons (Fsp3) is 0.667. The molecule has 22 heavy (non-hydrogen) atoms. The van der Waals surface area contributed by atoms with Gasteiger partial charge >= 0.3 is 0 Å². The van der Waals surface area contributed by atoms with Gasteiger partial charge in [-0.05, 0) is 30.9 Å². The van der Waals surface area contributed by atoms with E-state index in [9.17, 15) is 8.42 Å². The lowest BCUT2D eigenvalue weighted by Gasteiger charge is -2.36. The minimum absolute atomic E-state index is 0.267. The second-order valence-corrected chi connectivity index (χ2v) is 8.17. The predicted molar refractivity (Wildman–Crippen MR) is 85.7 cm³/mol. The van der Waals surface area contributed by atoms with E-state index in [0.717, 1.165) is 17.7 Å². The summed E-state index contributed by atoms with van der Waals surface area (Å²) in [6, 6.07) is 4.40. The molecule has 0 amide bonds. The summed E-state index contributed by atoms with van der Waals surface area (Å²) in [6.45, 7) is 5.92. The van der Waals surface area contributed by atoms with Crippen molar-refractivity contribution < 1.29 is 8.42 Å². The molecule has 7 heteroatoms. The van der Waals surface area contributed by atoms with Crippen molar-refractivity contribution in [2.75, 3.05) is 19.3 Å². The van der Waals surface area contributed by atoms with Gasteiger partial charge in [0.1, 0.15) is 11.8 Å². The number of sulfonamides is 1. The van der Waals surface area contributed by atoms with E-state index in [1.54, 1.807) is 4.31 Å². The van der Waals surface area contributed by atoms with E-state index < -0.39 is 10.0 Å². The molecule has 1 saturated heterocycles. The quantitative estimate of drug-likeness (QED) is 0.895. The number of nitrogens with one attached hydrogen (secondary N) is 1. The maximum atomic E-state index is 11.6. The van der Waals surface area contributed by atoms with Gasteiger partial charge in [-0.2, -0.15) is 5.26 Å². The highest BCUT2D eigenvalue weighted by molar-refractivity contribution is 7.88. The Balaban J connectivity index is 1.98. The van der Waals surface area contributed by atoms with E-state index in [0.29, 0.717) is 31.4 Å². The van der Waals surface area contributed by atoms with Gasteiger partial charge in [-0.15, -0.1) is 0 Å². The molecule has 1 aromatic heterocycles. The van der Waals surface area contributed by atoms with Crippen LogP contribution in [-0.4, -0.2) is 42.7 Å². The Bertz CT molecular complexity index is 687. The lowest BCUT2D eigenvalue weighted by Crippen LogP contribution is -2.49. The number of nitrogens with zero attached hydrogens (tertiary/aromatic N) is 3. The van der Waals surface area contributed by atoms with Gasteiger partial charge in [-0.25, -0.2) is 12.7 Å². The average Bonchev–Trinajstić information content (AvgIpc) is 2.72. The molecule has 1 aromatic rings. The topological polar surface area (TPSA) is 78.1 Å². The van der Waals surface area contributed by atoms with Crippen molar-refractivity contribution in [3.63, 3.8) is 0 Å². The van der Waals surface area contributed by atoms with Crippen LogP contribution < -0.4 is 5.32 Å². The number of rotatable bonds is 4. The van der Waals surface area contributed by atoms with E-state index in [2.05, 4.69) is 18.3 Å². The zero-order chi connectivity index (χ0) is 16.5. The molecule has 0 bridgehead atoms. The monoisotopic (exact) mass is 324 g/mol. The van der Waals surface area contributed by atoms with Crippen LogP contribution in [0.3, 0.4) is 0 Å². The van der Waals surface area contributed by atoms with Gasteiger partial charge in [0, 0.05) is 38.4 Å². The fourth-order valence-corrected chi connectivity index (χ4v) is 3.94. The third-order valence-corrected chi connectivity index (χ3v) is 5.92. The van der Waals surface area contributed by atoms with Gasteiger partial charge in [-0.3, -0.25) is 0 Å². The zero-order valence-electron chi connectivity index (χ0n) is 13.6. The third-order valence-electron chi connectivity index (χ3n) is 4.65. The van der Waals surface area contributed by atoms with Crippen LogP contribution in [-0.2, 0) is 23.6 Å². The smallest absolute Gasteiger partial charge is 0.211 e. The van der Waals surface area contributed by atoms with Gasteiger partial charge in [0.15, 0.2) is 0 Å². The largest absolute Gasteiger partial charge is 0.340 e. The minimum Gasteiger partial charge on any atom is -0.340 e. The first-order chi connectivity index (χ1) is 10.2. The predicted octanol–water partition coefficient (Wildman–Crippen LogP) is 0.965. The maximum Gasteiger partial charge on any atom is 0.211 e. The number of nitriles is 1. The first-order valence-electron chi connectivity index (χ1n) is 7.47. The summed E-state index contributed by atoms with van der Waals surface area (Å²) in [5.74, 6) is 0.267. The molecule has 2 heterocycles. The minimum atomic E-state index is -3.10. The molecule has 122 valence electrons. The standard InChI is InChI=1S/C15H24N4O2S/c1-11-10-19(22(4,20)21)6-5-15(11)17-9-13-7-14(8-16)18(3)12(13)2/h7,11,15,17H,5-6,9-10H2,1-4H3/t11-,15+/m0/s1. The molecular formula is C15H24N4O2S. The average molecular weight is 324 g/mol. The Morgan fingerprint density at radius 2 is 2.18 bits per heavy atom. The normalized spacial score (nSPS) is 23.4. The summed E-state index contributed by atoms with van der Waals surface area (Å²) in [4.78, 5) is 0. The number of piperidine rings is 1. The molecule has 1 aliphatic heterocycles. The lowest BCUT2D eigenvalue weighted by atomic mass is 9.95. The summed E-state index contributed by atoms with van der Waals surface area (Å²) >= 11 is 0. The van der Waals surface area contributed by atoms with Crippen LogP contribution >= 0.6 is 0 Å². The number of aromatic nitrogens is 1. The van der Waals surface area contributed by atoms with Crippen molar-refractivity contribution in [2.45, 2.75) is 32.9 Å². The van der Waals surface area contributed by atoms with Gasteiger partial charge < -0.3 is 9.88 Å². The molecule has 1 fully saturated rings. The van der Waals surface area contributed by atoms with E-state index in [4.69, 9.17) is 5.26 Å². The molecular weight excluding hydrogens is 300 g/mol. The Morgan fingerprint density at radius 1 is 1.50 bits per heavy atom. The van der Waals surface area contributed by atoms with Crippen LogP contribution in [0.2, 0.25) is 0 Å². The van der Waals surface area contributed by atoms with Crippen LogP contribution in [0.1, 0.15) is 30.3 Å². The van der Waals surface area contributed by atoms with Crippen molar-refractivity contribution in [1.82, 2.24) is 14.2 Å². The molecule has 0 unspecified atom stereocenters. The van der Waals surface area contributed by atoms with Gasteiger partial charge in [-0.1, -0.05) is 6.92 Å². The highest BCUT2D eigenvalue weighted by Gasteiger charge is 2.30. The second-order valence-electron chi connectivity index (χ2n) is 6.19. The SMILES string of the molecule is Cc1c(CN[C@@H]2CCN(S(C)(=O)=O)C[C@@H]2C)cc(C#N)n1C. The summed E-state index contributed by atoms with van der Waals surface area (Å²) in [6.07, 6.45) is 2.08. The van der Waals surface area contributed by atoms with Crippen LogP contribution in [0.5, 0.6) is 0 Å². The summed E-state index contributed by atoms with van der Waals surface area (Å²) in [5.41, 5.74) is 2.87. The van der Waals surface area contributed by atoms with Crippen molar-refractivity contribution >= 4 is 10.0 Å². The first kappa shape index (κ1) is 17.0. The fourth-order valence-electron chi connectivity index (χ4n) is 3.00. The molecule has 1 aliphatic rings. The van der Waals surface area contributed by atoms with Crippen LogP contribution in [0, 0.1) is 24.2 Å². The van der Waals surface area contributed by atoms with Crippen LogP contribution in [0.4, 0.5) is 0 Å². The molecule has 0 saturated carbocycles. The highest BCUT2D eigenvalue weighted by Crippen LogP contribution is 2.20. The van der Waals surface area contributed by atoms with E-state index >= 15 is 0 Å². The van der Waals surface area contributed by atoms with Crippen LogP contribution in [0.15, 0.2) is 6.07 Å². The Morgan fingerprint density at radius 3 is 2.68 bits per heavy atom. The maximum absolute atomic E-state index is 11.6. The Kier molecular flexibility index (Phi) is 4.95. The van der Waals surface area contributed by atoms with Crippen molar-refractivity contribution in [1.29, 1.82) is 5.26 Å². The highest BCUT2D eigenvalue weighted by atomic mass is 32.2. The Hall–Kier alpha value is -1.36. The van der Waals surface area contributed by atoms with Gasteiger partial charge in [0.05, 0.1) is 6.26 Å². The lowest BCUT2D eigenvalue weighted by molar-refractivity contribution is 0.220. The summed E-state index contributed by atoms with van der Waals surface area (Å²) < 4.78 is 26.7. The first-order valence-corrected chi connectivity index (χ1v) is 9.32. The van der Waals surface area contributed by atoms with Gasteiger partial charge in [0.25, 0.3) is 0 Å². The van der Waals surface area contributed by atoms with E-state index in [1.165, 1.54) is 6.26 Å². The van der Waals surface area contributed by atoms with Crippen molar-refractivity contribution in [3.8, 4) is 6.07 Å². The molecule has 0 radical (unpaired) electrons. The third kappa shape index (κ3) is 3.51. The van der Waals surface area contributed by atoms with E-state index in [-0.39, 0.29) is 5.92 Å². The molecule has 0 aliphatic carbocycles. The van der Waals surface area contributed by atoms with Crippen LogP contribution in [0.25, 0.3) is 0 Å². The van der Waals surface area contributed by atoms with Crippen molar-refractivity contribution in [3.05, 3.63) is 23.0 Å². The number of hydrogen-bond acceptors (Lipinski definition) is 4. The second kappa shape index (κ2) is 6.41. The summed E-state index contributed by atoms with van der Waals surface area (Å²) in [5, 5.41) is 12.6.